The van der Waals surface area contributed by atoms with E-state index in [-0.39, 0.29) is 5.78 Å². The lowest BCUT2D eigenvalue weighted by Gasteiger charge is -2.21. The Morgan fingerprint density at radius 3 is 2.16 bits per heavy atom. The van der Waals surface area contributed by atoms with E-state index in [0.29, 0.717) is 17.7 Å². The van der Waals surface area contributed by atoms with Gasteiger partial charge in [0.05, 0.1) is 12.7 Å². The lowest BCUT2D eigenvalue weighted by Crippen LogP contribution is -2.35. The van der Waals surface area contributed by atoms with Crippen LogP contribution in [0.5, 0.6) is 5.75 Å². The Morgan fingerprint density at radius 2 is 1.74 bits per heavy atom. The van der Waals surface area contributed by atoms with Gasteiger partial charge in [0.2, 0.25) is 0 Å². The van der Waals surface area contributed by atoms with Crippen molar-refractivity contribution in [1.82, 2.24) is 0 Å². The summed E-state index contributed by atoms with van der Waals surface area (Å²) in [6, 6.07) is 0. The molecule has 0 fully saturated rings. The molecule has 4 heteroatoms. The van der Waals surface area contributed by atoms with E-state index < -0.39 is 5.54 Å². The van der Waals surface area contributed by atoms with Gasteiger partial charge in [0.1, 0.15) is 5.75 Å². The third-order valence-electron chi connectivity index (χ3n) is 3.26. The molecule has 0 amide bonds. The molecule has 0 aliphatic rings. The molecule has 0 aliphatic heterocycles. The van der Waals surface area contributed by atoms with Crippen molar-refractivity contribution in [3.05, 3.63) is 26.7 Å². The number of hydrogen-bond donors (Lipinski definition) is 1. The van der Waals surface area contributed by atoms with Crippen LogP contribution in [-0.2, 0) is 0 Å². The molecule has 3 nitrogen and oxygen atoms in total. The van der Waals surface area contributed by atoms with Crippen molar-refractivity contribution >= 4 is 21.7 Å². The topological polar surface area (TPSA) is 52.3 Å². The first-order valence-electron chi connectivity index (χ1n) is 6.25. The van der Waals surface area contributed by atoms with Gasteiger partial charge >= 0.3 is 0 Å². The maximum Gasteiger partial charge on any atom is 0.168 e. The van der Waals surface area contributed by atoms with Crippen molar-refractivity contribution in [2.24, 2.45) is 5.73 Å². The number of halogens is 1. The zero-order chi connectivity index (χ0) is 15.0. The minimum Gasteiger partial charge on any atom is -0.496 e. The number of benzene rings is 1. The maximum absolute atomic E-state index is 12.5. The van der Waals surface area contributed by atoms with Crippen molar-refractivity contribution in [3.63, 3.8) is 0 Å². The normalized spacial score (nSPS) is 11.6. The monoisotopic (exact) mass is 327 g/mol. The van der Waals surface area contributed by atoms with E-state index in [0.717, 1.165) is 21.2 Å². The van der Waals surface area contributed by atoms with Gasteiger partial charge in [0.25, 0.3) is 0 Å². The smallest absolute Gasteiger partial charge is 0.168 e. The molecule has 0 spiro atoms. The fourth-order valence-corrected chi connectivity index (χ4v) is 2.67. The summed E-state index contributed by atoms with van der Waals surface area (Å²) >= 11 is 3.55. The number of carbonyl (C=O) groups excluding carboxylic acids is 1. The van der Waals surface area contributed by atoms with Crippen molar-refractivity contribution in [1.29, 1.82) is 0 Å². The second-order valence-corrected chi connectivity index (χ2v) is 6.48. The number of nitrogens with two attached hydrogens (primary N) is 1. The molecule has 0 radical (unpaired) electrons. The van der Waals surface area contributed by atoms with Crippen LogP contribution in [0.15, 0.2) is 4.47 Å². The fourth-order valence-electron chi connectivity index (χ4n) is 2.18. The number of methoxy groups -OCH3 is 1. The summed E-state index contributed by atoms with van der Waals surface area (Å²) in [6.45, 7) is 9.60. The number of hydrogen-bond acceptors (Lipinski definition) is 3. The molecule has 0 aliphatic carbocycles. The van der Waals surface area contributed by atoms with E-state index in [9.17, 15) is 4.79 Å². The van der Waals surface area contributed by atoms with E-state index in [2.05, 4.69) is 15.9 Å². The third-order valence-corrected chi connectivity index (χ3v) is 4.45. The molecule has 1 rings (SSSR count). The predicted octanol–water partition coefficient (Wildman–Crippen LogP) is 3.69. The maximum atomic E-state index is 12.5. The molecule has 2 N–H and O–H groups in total. The Bertz CT molecular complexity index is 516. The Morgan fingerprint density at radius 1 is 1.21 bits per heavy atom. The molecule has 1 aromatic carbocycles. The quantitative estimate of drug-likeness (QED) is 0.858. The first kappa shape index (κ1) is 16.2. The lowest BCUT2D eigenvalue weighted by atomic mass is 9.90. The van der Waals surface area contributed by atoms with Crippen LogP contribution in [0.2, 0.25) is 0 Å². The van der Waals surface area contributed by atoms with E-state index in [4.69, 9.17) is 10.5 Å². The lowest BCUT2D eigenvalue weighted by molar-refractivity contribution is 0.0956. The van der Waals surface area contributed by atoms with E-state index in [1.165, 1.54) is 0 Å². The second kappa shape index (κ2) is 5.63. The SMILES string of the molecule is COc1c(C)c(C)c(Br)c(C)c1C(=O)CC(C)(C)N. The van der Waals surface area contributed by atoms with Crippen LogP contribution in [0.1, 0.15) is 47.3 Å². The summed E-state index contributed by atoms with van der Waals surface area (Å²) in [5, 5.41) is 0. The predicted molar refractivity (Wildman–Crippen MR) is 82.1 cm³/mol. The van der Waals surface area contributed by atoms with Crippen LogP contribution >= 0.6 is 15.9 Å². The molecule has 19 heavy (non-hydrogen) atoms. The Hall–Kier alpha value is -0.870. The summed E-state index contributed by atoms with van der Waals surface area (Å²) in [7, 11) is 1.60. The highest BCUT2D eigenvalue weighted by Crippen LogP contribution is 2.37. The zero-order valence-corrected chi connectivity index (χ0v) is 14.1. The molecule has 0 saturated carbocycles. The minimum atomic E-state index is -0.528. The van der Waals surface area contributed by atoms with E-state index in [1.807, 2.05) is 34.6 Å². The number of Topliss-reactive ketones (excluding diaryl/α,β-unsaturated/α-hetero) is 1. The summed E-state index contributed by atoms with van der Waals surface area (Å²) in [4.78, 5) is 12.5. The van der Waals surface area contributed by atoms with Gasteiger partial charge in [0, 0.05) is 16.4 Å². The fraction of sp³-hybridized carbons (Fsp3) is 0.533. The van der Waals surface area contributed by atoms with Gasteiger partial charge in [-0.15, -0.1) is 0 Å². The molecule has 0 aromatic heterocycles. The molecular weight excluding hydrogens is 306 g/mol. The number of ether oxygens (including phenoxy) is 1. The zero-order valence-electron chi connectivity index (χ0n) is 12.5. The van der Waals surface area contributed by atoms with Gasteiger partial charge < -0.3 is 10.5 Å². The standard InChI is InChI=1S/C15H22BrNO2/c1-8-9(2)14(19-6)12(10(3)13(8)16)11(18)7-15(4,5)17/h7,17H2,1-6H3. The van der Waals surface area contributed by atoms with Crippen LogP contribution in [-0.4, -0.2) is 18.4 Å². The molecule has 0 saturated heterocycles. The van der Waals surface area contributed by atoms with Crippen molar-refractivity contribution in [2.75, 3.05) is 7.11 Å². The summed E-state index contributed by atoms with van der Waals surface area (Å²) < 4.78 is 6.41. The number of rotatable bonds is 4. The van der Waals surface area contributed by atoms with Crippen molar-refractivity contribution in [2.45, 2.75) is 46.6 Å². The van der Waals surface area contributed by atoms with E-state index >= 15 is 0 Å². The third kappa shape index (κ3) is 3.37. The number of ketones is 1. The molecular formula is C15H22BrNO2. The van der Waals surface area contributed by atoms with Crippen LogP contribution < -0.4 is 10.5 Å². The van der Waals surface area contributed by atoms with Gasteiger partial charge in [-0.05, 0) is 51.3 Å². The van der Waals surface area contributed by atoms with Gasteiger partial charge in [-0.2, -0.15) is 0 Å². The molecule has 0 atom stereocenters. The number of carbonyl (C=O) groups is 1. The van der Waals surface area contributed by atoms with Crippen LogP contribution in [0, 0.1) is 20.8 Å². The van der Waals surface area contributed by atoms with Crippen molar-refractivity contribution < 1.29 is 9.53 Å². The van der Waals surface area contributed by atoms with Gasteiger partial charge in [-0.1, -0.05) is 15.9 Å². The van der Waals surface area contributed by atoms with Gasteiger partial charge in [-0.3, -0.25) is 4.79 Å². The average Bonchev–Trinajstić information content (AvgIpc) is 2.28. The van der Waals surface area contributed by atoms with Gasteiger partial charge in [0.15, 0.2) is 5.78 Å². The first-order chi connectivity index (χ1) is 8.60. The summed E-state index contributed by atoms with van der Waals surface area (Å²) in [5.41, 5.74) is 9.05. The van der Waals surface area contributed by atoms with Crippen molar-refractivity contribution in [3.8, 4) is 5.75 Å². The minimum absolute atomic E-state index is 0.0191. The molecule has 1 aromatic rings. The van der Waals surface area contributed by atoms with Crippen LogP contribution in [0.25, 0.3) is 0 Å². The Labute approximate surface area is 123 Å². The summed E-state index contributed by atoms with van der Waals surface area (Å²) in [5.74, 6) is 0.679. The van der Waals surface area contributed by atoms with Crippen LogP contribution in [0.3, 0.4) is 0 Å². The largest absolute Gasteiger partial charge is 0.496 e. The second-order valence-electron chi connectivity index (χ2n) is 5.69. The van der Waals surface area contributed by atoms with Gasteiger partial charge in [-0.25, -0.2) is 0 Å². The molecule has 0 heterocycles. The Kier molecular flexibility index (Phi) is 4.80. The first-order valence-corrected chi connectivity index (χ1v) is 7.04. The highest BCUT2D eigenvalue weighted by Gasteiger charge is 2.25. The highest BCUT2D eigenvalue weighted by molar-refractivity contribution is 9.10. The molecule has 106 valence electrons. The molecule has 0 unspecified atom stereocenters. The van der Waals surface area contributed by atoms with E-state index in [1.54, 1.807) is 7.11 Å². The van der Waals surface area contributed by atoms with Crippen LogP contribution in [0.4, 0.5) is 0 Å². The molecule has 0 bridgehead atoms. The highest BCUT2D eigenvalue weighted by atomic mass is 79.9. The average molecular weight is 328 g/mol. The Balaban J connectivity index is 3.46. The summed E-state index contributed by atoms with van der Waals surface area (Å²) in [6.07, 6.45) is 0.291.